The molecule has 15 heteroatoms. The molecule has 0 spiro atoms. The van der Waals surface area contributed by atoms with E-state index >= 15 is 0 Å². The first kappa shape index (κ1) is 27.3. The summed E-state index contributed by atoms with van der Waals surface area (Å²) in [5.41, 5.74) is -1.61. The summed E-state index contributed by atoms with van der Waals surface area (Å²) in [5, 5.41) is 10.2. The van der Waals surface area contributed by atoms with E-state index in [-0.39, 0.29) is 18.6 Å². The third-order valence-corrected chi connectivity index (χ3v) is 6.68. The Balaban J connectivity index is 1.64. The van der Waals surface area contributed by atoms with Gasteiger partial charge in [-0.3, -0.25) is 33.1 Å². The molecule has 3 rings (SSSR count). The van der Waals surface area contributed by atoms with Gasteiger partial charge >= 0.3 is 19.5 Å². The second-order valence-corrected chi connectivity index (χ2v) is 9.82. The summed E-state index contributed by atoms with van der Waals surface area (Å²) in [5.74, 6) is 4.75. The monoisotopic (exact) mass is 516 g/mol. The van der Waals surface area contributed by atoms with E-state index in [1.807, 2.05) is 23.9 Å². The predicted octanol–water partition coefficient (Wildman–Crippen LogP) is -1.91. The van der Waals surface area contributed by atoms with E-state index in [4.69, 9.17) is 14.0 Å². The Morgan fingerprint density at radius 2 is 2.09 bits per heavy atom. The van der Waals surface area contributed by atoms with Gasteiger partial charge in [-0.15, -0.1) is 0 Å². The SMILES string of the molecule is COP(=O)(O)OC[C@H]1O[C@@H](n2cc(C#CCOC(=O)C3CN(C)CCN3C)c(=O)[nH]c2=O)CC1O. The molecule has 0 saturated carbocycles. The number of carbonyl (C=O) groups is 1. The molecular formula is C20H29N4O10P. The summed E-state index contributed by atoms with van der Waals surface area (Å²) >= 11 is 0. The van der Waals surface area contributed by atoms with E-state index in [1.54, 1.807) is 0 Å². The molecule has 3 unspecified atom stereocenters. The lowest BCUT2D eigenvalue weighted by Gasteiger charge is -2.35. The second kappa shape index (κ2) is 11.6. The summed E-state index contributed by atoms with van der Waals surface area (Å²) < 4.78 is 32.3. The third kappa shape index (κ3) is 7.09. The second-order valence-electron chi connectivity index (χ2n) is 8.26. The Morgan fingerprint density at radius 3 is 2.80 bits per heavy atom. The number of nitrogens with zero attached hydrogens (tertiary/aromatic N) is 3. The number of aliphatic hydroxyl groups excluding tert-OH is 1. The summed E-state index contributed by atoms with van der Waals surface area (Å²) in [7, 11) is 0.476. The van der Waals surface area contributed by atoms with Crippen LogP contribution in [0.4, 0.5) is 0 Å². The molecule has 2 aliphatic heterocycles. The van der Waals surface area contributed by atoms with Crippen LogP contribution in [0.25, 0.3) is 0 Å². The topological polar surface area (TPSA) is 173 Å². The van der Waals surface area contributed by atoms with Crippen LogP contribution in [0.2, 0.25) is 0 Å². The molecule has 3 N–H and O–H groups in total. The van der Waals surface area contributed by atoms with Crippen LogP contribution in [0.5, 0.6) is 0 Å². The van der Waals surface area contributed by atoms with Crippen molar-refractivity contribution in [3.05, 3.63) is 32.6 Å². The van der Waals surface area contributed by atoms with Crippen LogP contribution in [0.1, 0.15) is 18.2 Å². The fourth-order valence-corrected chi connectivity index (χ4v) is 4.08. The molecule has 0 bridgehead atoms. The number of phosphoric ester groups is 1. The normalized spacial score (nSPS) is 27.1. The summed E-state index contributed by atoms with van der Waals surface area (Å²) in [6, 6.07) is -0.410. The average molecular weight is 516 g/mol. The van der Waals surface area contributed by atoms with E-state index in [2.05, 4.69) is 21.3 Å². The molecule has 2 fully saturated rings. The number of aliphatic hydroxyl groups is 1. The Bertz CT molecular complexity index is 1140. The maximum atomic E-state index is 12.3. The zero-order chi connectivity index (χ0) is 25.8. The van der Waals surface area contributed by atoms with E-state index in [0.29, 0.717) is 6.54 Å². The Kier molecular flexibility index (Phi) is 9.03. The highest BCUT2D eigenvalue weighted by molar-refractivity contribution is 7.47. The number of ether oxygens (including phenoxy) is 2. The number of esters is 1. The van der Waals surface area contributed by atoms with Gasteiger partial charge in [0.05, 0.1) is 12.7 Å². The van der Waals surface area contributed by atoms with Crippen molar-refractivity contribution < 1.29 is 37.9 Å². The molecule has 5 atom stereocenters. The van der Waals surface area contributed by atoms with Crippen LogP contribution >= 0.6 is 7.82 Å². The fourth-order valence-electron chi connectivity index (χ4n) is 3.64. The lowest BCUT2D eigenvalue weighted by Crippen LogP contribution is -2.54. The van der Waals surface area contributed by atoms with Crippen LogP contribution in [0, 0.1) is 11.8 Å². The molecule has 35 heavy (non-hydrogen) atoms. The van der Waals surface area contributed by atoms with Gasteiger partial charge in [0.25, 0.3) is 5.56 Å². The zero-order valence-corrected chi connectivity index (χ0v) is 20.5. The summed E-state index contributed by atoms with van der Waals surface area (Å²) in [6.45, 7) is 1.42. The van der Waals surface area contributed by atoms with Crippen molar-refractivity contribution in [2.75, 3.05) is 54.1 Å². The highest BCUT2D eigenvalue weighted by Crippen LogP contribution is 2.43. The van der Waals surface area contributed by atoms with Gasteiger partial charge in [-0.1, -0.05) is 11.8 Å². The number of phosphoric acid groups is 1. The van der Waals surface area contributed by atoms with Gasteiger partial charge in [-0.2, -0.15) is 0 Å². The maximum Gasteiger partial charge on any atom is 0.472 e. The lowest BCUT2D eigenvalue weighted by molar-refractivity contribution is -0.150. The average Bonchev–Trinajstić information content (AvgIpc) is 3.18. The van der Waals surface area contributed by atoms with E-state index < -0.39 is 56.1 Å². The van der Waals surface area contributed by atoms with Crippen LogP contribution in [-0.2, 0) is 27.9 Å². The van der Waals surface area contributed by atoms with Gasteiger partial charge in [0, 0.05) is 39.4 Å². The lowest BCUT2D eigenvalue weighted by atomic mass is 10.2. The number of aromatic amines is 1. The Morgan fingerprint density at radius 1 is 1.34 bits per heavy atom. The predicted molar refractivity (Wildman–Crippen MR) is 120 cm³/mol. The quantitative estimate of drug-likeness (QED) is 0.209. The molecule has 14 nitrogen and oxygen atoms in total. The molecular weight excluding hydrogens is 487 g/mol. The minimum Gasteiger partial charge on any atom is -0.451 e. The van der Waals surface area contributed by atoms with Gasteiger partial charge in [0.1, 0.15) is 23.9 Å². The molecule has 1 aromatic heterocycles. The number of H-pyrrole nitrogens is 1. The van der Waals surface area contributed by atoms with Crippen LogP contribution in [-0.4, -0.2) is 108 Å². The highest BCUT2D eigenvalue weighted by Gasteiger charge is 2.37. The molecule has 0 amide bonds. The first-order chi connectivity index (χ1) is 16.5. The Hall–Kier alpha value is -2.34. The fraction of sp³-hybridized carbons (Fsp3) is 0.650. The van der Waals surface area contributed by atoms with E-state index in [9.17, 15) is 28.9 Å². The number of rotatable bonds is 7. The van der Waals surface area contributed by atoms with Gasteiger partial charge in [-0.25, -0.2) is 9.36 Å². The van der Waals surface area contributed by atoms with Crippen LogP contribution in [0.15, 0.2) is 15.8 Å². The first-order valence-electron chi connectivity index (χ1n) is 10.8. The maximum absolute atomic E-state index is 12.3. The number of nitrogens with one attached hydrogen (secondary N) is 1. The molecule has 194 valence electrons. The molecule has 1 aromatic rings. The first-order valence-corrected chi connectivity index (χ1v) is 12.3. The minimum absolute atomic E-state index is 0.0451. The van der Waals surface area contributed by atoms with E-state index in [0.717, 1.165) is 24.8 Å². The van der Waals surface area contributed by atoms with Crippen molar-refractivity contribution in [1.82, 2.24) is 19.4 Å². The molecule has 0 aromatic carbocycles. The standard InChI is InChI=1S/C20H29N4O10P/c1-22-6-7-23(2)14(11-22)19(27)32-8-4-5-13-10-24(20(28)21-18(13)26)17-9-15(25)16(34-17)12-33-35(29,30)31-3/h10,14-17,25H,6-9,11-12H2,1-3H3,(H,29,30)(H,21,26,28)/t14?,15?,16-,17-/m1/s1. The number of hydrogen-bond acceptors (Lipinski definition) is 11. The zero-order valence-electron chi connectivity index (χ0n) is 19.6. The van der Waals surface area contributed by atoms with E-state index in [1.165, 1.54) is 6.20 Å². The molecule has 0 radical (unpaired) electrons. The van der Waals surface area contributed by atoms with Crippen molar-refractivity contribution in [3.63, 3.8) is 0 Å². The van der Waals surface area contributed by atoms with Crippen molar-refractivity contribution in [2.24, 2.45) is 0 Å². The summed E-state index contributed by atoms with van der Waals surface area (Å²) in [4.78, 5) is 52.2. The van der Waals surface area contributed by atoms with Gasteiger partial charge in [-0.05, 0) is 14.1 Å². The third-order valence-electron chi connectivity index (χ3n) is 5.75. The molecule has 0 aliphatic carbocycles. The smallest absolute Gasteiger partial charge is 0.451 e. The Labute approximate surface area is 201 Å². The number of aromatic nitrogens is 2. The largest absolute Gasteiger partial charge is 0.472 e. The van der Waals surface area contributed by atoms with Crippen molar-refractivity contribution >= 4 is 13.8 Å². The van der Waals surface area contributed by atoms with Crippen LogP contribution in [0.3, 0.4) is 0 Å². The number of carbonyl (C=O) groups excluding carboxylic acids is 1. The number of hydrogen-bond donors (Lipinski definition) is 3. The van der Waals surface area contributed by atoms with Crippen molar-refractivity contribution in [2.45, 2.75) is 30.9 Å². The summed E-state index contributed by atoms with van der Waals surface area (Å²) in [6.07, 6.45) is -1.98. The minimum atomic E-state index is -4.27. The van der Waals surface area contributed by atoms with Crippen LogP contribution < -0.4 is 11.2 Å². The van der Waals surface area contributed by atoms with Gasteiger partial charge in [0.15, 0.2) is 6.61 Å². The van der Waals surface area contributed by atoms with Crippen molar-refractivity contribution in [1.29, 1.82) is 0 Å². The number of piperazine rings is 1. The molecule has 2 aliphatic rings. The highest BCUT2D eigenvalue weighted by atomic mass is 31.2. The van der Waals surface area contributed by atoms with Gasteiger partial charge < -0.3 is 24.4 Å². The number of likely N-dealkylation sites (N-methyl/N-ethyl adjacent to an activating group) is 2. The molecule has 2 saturated heterocycles. The van der Waals surface area contributed by atoms with Gasteiger partial charge in [0.2, 0.25) is 0 Å². The molecule has 3 heterocycles. The van der Waals surface area contributed by atoms with Crippen molar-refractivity contribution in [3.8, 4) is 11.8 Å².